The van der Waals surface area contributed by atoms with E-state index in [4.69, 9.17) is 21.7 Å². The summed E-state index contributed by atoms with van der Waals surface area (Å²) in [7, 11) is 0. The van der Waals surface area contributed by atoms with Crippen LogP contribution < -0.4 is 0 Å². The maximum Gasteiger partial charge on any atom is 0.106 e. The summed E-state index contributed by atoms with van der Waals surface area (Å²) in [5, 5.41) is 8.08. The lowest BCUT2D eigenvalue weighted by atomic mass is 10.4. The van der Waals surface area contributed by atoms with Gasteiger partial charge in [-0.2, -0.15) is 5.26 Å². The highest BCUT2D eigenvalue weighted by Crippen LogP contribution is 2.14. The molecule has 1 aromatic rings. The molecule has 0 bridgehead atoms. The van der Waals surface area contributed by atoms with Gasteiger partial charge in [0.1, 0.15) is 6.79 Å². The first-order chi connectivity index (χ1) is 6.20. The fourth-order valence-electron chi connectivity index (χ4n) is 0.460. The monoisotopic (exact) mass is 261 g/mol. The molecular weight excluding hydrogens is 253 g/mol. The quantitative estimate of drug-likeness (QED) is 0.718. The van der Waals surface area contributed by atoms with Gasteiger partial charge in [0.15, 0.2) is 0 Å². The van der Waals surface area contributed by atoms with Crippen molar-refractivity contribution in [3.05, 3.63) is 33.8 Å². The maximum atomic E-state index is 8.00. The molecule has 4 heteroatoms. The molecule has 0 aliphatic carbocycles. The van der Waals surface area contributed by atoms with Crippen LogP contribution in [0.15, 0.2) is 28.7 Å². The predicted molar refractivity (Wildman–Crippen MR) is 57.6 cm³/mol. The van der Waals surface area contributed by atoms with E-state index in [1.165, 1.54) is 6.92 Å². The van der Waals surface area contributed by atoms with Gasteiger partial charge in [-0.25, -0.2) is 0 Å². The van der Waals surface area contributed by atoms with E-state index in [0.717, 1.165) is 9.50 Å². The van der Waals surface area contributed by atoms with Crippen LogP contribution in [0.2, 0.25) is 5.02 Å². The molecule has 0 atom stereocenters. The highest BCUT2D eigenvalue weighted by atomic mass is 79.9. The van der Waals surface area contributed by atoms with Gasteiger partial charge in [-0.15, -0.1) is 0 Å². The van der Waals surface area contributed by atoms with Crippen LogP contribution in [0.5, 0.6) is 0 Å². The second-order valence-corrected chi connectivity index (χ2v) is 3.02. The van der Waals surface area contributed by atoms with Crippen molar-refractivity contribution in [1.82, 2.24) is 0 Å². The third-order valence-corrected chi connectivity index (χ3v) is 1.52. The minimum absolute atomic E-state index is 0.763. The molecule has 0 saturated heterocycles. The van der Waals surface area contributed by atoms with Crippen LogP contribution in [0.4, 0.5) is 0 Å². The molecule has 0 heterocycles. The average Bonchev–Trinajstić information content (AvgIpc) is 2.08. The van der Waals surface area contributed by atoms with Gasteiger partial charge in [-0.1, -0.05) is 33.6 Å². The number of nitriles is 1. The Balaban J connectivity index is 0. The van der Waals surface area contributed by atoms with E-state index >= 15 is 0 Å². The summed E-state index contributed by atoms with van der Waals surface area (Å²) in [5.74, 6) is 0. The maximum absolute atomic E-state index is 8.00. The van der Waals surface area contributed by atoms with E-state index in [1.807, 2.05) is 31.1 Å². The highest BCUT2D eigenvalue weighted by molar-refractivity contribution is 9.10. The highest BCUT2D eigenvalue weighted by Gasteiger charge is 1.84. The summed E-state index contributed by atoms with van der Waals surface area (Å²) < 4.78 is 1.02. The molecule has 70 valence electrons. The SMILES string of the molecule is C=O.CC#N.Clc1cccc(Br)c1. The first kappa shape index (κ1) is 14.7. The van der Waals surface area contributed by atoms with Crippen molar-refractivity contribution in [1.29, 1.82) is 5.26 Å². The third kappa shape index (κ3) is 11.1. The summed E-state index contributed by atoms with van der Waals surface area (Å²) in [4.78, 5) is 8.00. The summed E-state index contributed by atoms with van der Waals surface area (Å²) in [6.45, 7) is 3.43. The Bertz CT molecular complexity index is 255. The van der Waals surface area contributed by atoms with Crippen molar-refractivity contribution in [3.63, 3.8) is 0 Å². The van der Waals surface area contributed by atoms with Crippen molar-refractivity contribution < 1.29 is 4.79 Å². The number of rotatable bonds is 0. The summed E-state index contributed by atoms with van der Waals surface area (Å²) in [6.07, 6.45) is 0. The molecule has 0 unspecified atom stereocenters. The molecule has 0 spiro atoms. The molecule has 13 heavy (non-hydrogen) atoms. The van der Waals surface area contributed by atoms with Crippen LogP contribution in [-0.4, -0.2) is 6.79 Å². The second-order valence-electron chi connectivity index (χ2n) is 1.66. The number of hydrogen-bond acceptors (Lipinski definition) is 2. The van der Waals surface area contributed by atoms with Crippen molar-refractivity contribution in [2.45, 2.75) is 6.92 Å². The van der Waals surface area contributed by atoms with E-state index in [-0.39, 0.29) is 0 Å². The Kier molecular flexibility index (Phi) is 12.6. The van der Waals surface area contributed by atoms with Gasteiger partial charge in [0.05, 0.1) is 6.07 Å². The smallest absolute Gasteiger partial charge is 0.106 e. The first-order valence-electron chi connectivity index (χ1n) is 3.21. The largest absolute Gasteiger partial charge is 0.307 e. The van der Waals surface area contributed by atoms with Crippen LogP contribution in [0.1, 0.15) is 6.92 Å². The molecular formula is C9H9BrClNO. The van der Waals surface area contributed by atoms with Gasteiger partial charge in [0.2, 0.25) is 0 Å². The topological polar surface area (TPSA) is 40.9 Å². The van der Waals surface area contributed by atoms with Crippen molar-refractivity contribution in [2.24, 2.45) is 0 Å². The molecule has 0 aliphatic heterocycles. The number of halogens is 2. The molecule has 0 amide bonds. The number of hydrogen-bond donors (Lipinski definition) is 0. The number of benzene rings is 1. The van der Waals surface area contributed by atoms with E-state index in [1.54, 1.807) is 6.07 Å². The number of nitrogens with zero attached hydrogens (tertiary/aromatic N) is 1. The van der Waals surface area contributed by atoms with Gasteiger partial charge in [-0.05, 0) is 18.2 Å². The van der Waals surface area contributed by atoms with Gasteiger partial charge in [0, 0.05) is 16.4 Å². The Morgan fingerprint density at radius 3 is 2.23 bits per heavy atom. The zero-order valence-corrected chi connectivity index (χ0v) is 9.47. The molecule has 1 rings (SSSR count). The second kappa shape index (κ2) is 11.2. The van der Waals surface area contributed by atoms with Crippen LogP contribution >= 0.6 is 27.5 Å². The fourth-order valence-corrected chi connectivity index (χ4v) is 1.18. The van der Waals surface area contributed by atoms with E-state index in [2.05, 4.69) is 15.9 Å². The molecule has 2 nitrogen and oxygen atoms in total. The summed E-state index contributed by atoms with van der Waals surface area (Å²) in [6, 6.07) is 9.27. The van der Waals surface area contributed by atoms with Crippen LogP contribution in [0.3, 0.4) is 0 Å². The van der Waals surface area contributed by atoms with Crippen molar-refractivity contribution in [2.75, 3.05) is 0 Å². The fraction of sp³-hybridized carbons (Fsp3) is 0.111. The molecule has 0 aromatic heterocycles. The van der Waals surface area contributed by atoms with Crippen LogP contribution in [0, 0.1) is 11.3 Å². The summed E-state index contributed by atoms with van der Waals surface area (Å²) in [5.41, 5.74) is 0. The molecule has 0 saturated carbocycles. The first-order valence-corrected chi connectivity index (χ1v) is 4.38. The lowest BCUT2D eigenvalue weighted by molar-refractivity contribution is -0.0979. The minimum atomic E-state index is 0.763. The zero-order valence-electron chi connectivity index (χ0n) is 7.13. The van der Waals surface area contributed by atoms with Gasteiger partial charge in [0.25, 0.3) is 0 Å². The van der Waals surface area contributed by atoms with Crippen LogP contribution in [-0.2, 0) is 4.79 Å². The Morgan fingerprint density at radius 2 is 2.00 bits per heavy atom. The Labute approximate surface area is 91.3 Å². The lowest BCUT2D eigenvalue weighted by Crippen LogP contribution is -1.61. The normalized spacial score (nSPS) is 6.62. The minimum Gasteiger partial charge on any atom is -0.307 e. The Morgan fingerprint density at radius 1 is 1.54 bits per heavy atom. The summed E-state index contributed by atoms with van der Waals surface area (Å²) >= 11 is 8.89. The van der Waals surface area contributed by atoms with Gasteiger partial charge >= 0.3 is 0 Å². The van der Waals surface area contributed by atoms with Gasteiger partial charge < -0.3 is 4.79 Å². The number of carbonyl (C=O) groups is 1. The van der Waals surface area contributed by atoms with E-state index in [0.29, 0.717) is 0 Å². The van der Waals surface area contributed by atoms with E-state index < -0.39 is 0 Å². The average molecular weight is 263 g/mol. The van der Waals surface area contributed by atoms with Crippen LogP contribution in [0.25, 0.3) is 0 Å². The lowest BCUT2D eigenvalue weighted by Gasteiger charge is -1.87. The third-order valence-electron chi connectivity index (χ3n) is 0.787. The molecule has 0 radical (unpaired) electrons. The number of carbonyl (C=O) groups excluding carboxylic acids is 1. The zero-order chi connectivity index (χ0) is 10.7. The van der Waals surface area contributed by atoms with Crippen molar-refractivity contribution >= 4 is 34.3 Å². The van der Waals surface area contributed by atoms with Gasteiger partial charge in [-0.3, -0.25) is 0 Å². The molecule has 0 N–H and O–H groups in total. The Hall–Kier alpha value is -0.850. The molecule has 1 aromatic carbocycles. The molecule has 0 aliphatic rings. The molecule has 0 fully saturated rings. The van der Waals surface area contributed by atoms with E-state index in [9.17, 15) is 0 Å². The standard InChI is InChI=1S/C6H4BrCl.C2H3N.CH2O/c7-5-2-1-3-6(8)4-5;1-2-3;1-2/h1-4H;1H3;1H2. The van der Waals surface area contributed by atoms with Crippen molar-refractivity contribution in [3.8, 4) is 6.07 Å². The predicted octanol–water partition coefficient (Wildman–Crippen LogP) is 3.45.